The molecule has 8 heteroatoms. The molecule has 1 N–H and O–H groups in total. The maximum atomic E-state index is 11.7. The van der Waals surface area contributed by atoms with Crippen molar-refractivity contribution in [3.8, 4) is 0 Å². The summed E-state index contributed by atoms with van der Waals surface area (Å²) in [7, 11) is -3.40. The number of rotatable bonds is 3. The highest BCUT2D eigenvalue weighted by Gasteiger charge is 2.22. The van der Waals surface area contributed by atoms with Gasteiger partial charge in [-0.2, -0.15) is 0 Å². The molecular weight excluding hydrogens is 360 g/mol. The van der Waals surface area contributed by atoms with Crippen molar-refractivity contribution >= 4 is 32.3 Å². The van der Waals surface area contributed by atoms with Gasteiger partial charge in [0.15, 0.2) is 0 Å². The highest BCUT2D eigenvalue weighted by atomic mass is 35.5. The lowest BCUT2D eigenvalue weighted by Crippen LogP contribution is -2.31. The van der Waals surface area contributed by atoms with E-state index in [2.05, 4.69) is 19.9 Å². The molecule has 130 valence electrons. The van der Waals surface area contributed by atoms with Crippen molar-refractivity contribution in [1.82, 2.24) is 19.9 Å². The predicted molar refractivity (Wildman–Crippen MR) is 96.3 cm³/mol. The summed E-state index contributed by atoms with van der Waals surface area (Å²) < 4.78 is 23.4. The van der Waals surface area contributed by atoms with Crippen molar-refractivity contribution in [3.05, 3.63) is 52.4 Å². The number of fused-ring (bicyclic) bond motifs is 2. The third kappa shape index (κ3) is 3.27. The van der Waals surface area contributed by atoms with Crippen LogP contribution in [-0.2, 0) is 29.3 Å². The third-order valence-electron chi connectivity index (χ3n) is 4.46. The van der Waals surface area contributed by atoms with E-state index in [1.165, 1.54) is 5.56 Å². The number of aromatic amines is 1. The summed E-state index contributed by atoms with van der Waals surface area (Å²) in [6.07, 6.45) is 5.58. The molecule has 3 heterocycles. The molecule has 0 amide bonds. The van der Waals surface area contributed by atoms with Crippen molar-refractivity contribution in [2.24, 2.45) is 0 Å². The number of nitrogens with zero attached hydrogens (tertiary/aromatic N) is 3. The van der Waals surface area contributed by atoms with E-state index in [1.54, 1.807) is 6.20 Å². The molecule has 3 aromatic rings. The van der Waals surface area contributed by atoms with E-state index in [-0.39, 0.29) is 5.16 Å². The van der Waals surface area contributed by atoms with Gasteiger partial charge in [0.1, 0.15) is 0 Å². The van der Waals surface area contributed by atoms with Gasteiger partial charge in [0, 0.05) is 54.2 Å². The van der Waals surface area contributed by atoms with Crippen LogP contribution in [0.25, 0.3) is 10.9 Å². The molecule has 1 aliphatic heterocycles. The first-order chi connectivity index (χ1) is 11.9. The summed E-state index contributed by atoms with van der Waals surface area (Å²) in [4.78, 5) is 13.8. The van der Waals surface area contributed by atoms with Crippen LogP contribution in [-0.4, -0.2) is 41.1 Å². The van der Waals surface area contributed by atoms with E-state index in [4.69, 9.17) is 11.6 Å². The summed E-state index contributed by atoms with van der Waals surface area (Å²) in [6, 6.07) is 5.80. The minimum absolute atomic E-state index is 0.105. The fourth-order valence-corrected chi connectivity index (χ4v) is 3.87. The molecule has 0 bridgehead atoms. The summed E-state index contributed by atoms with van der Waals surface area (Å²) in [6.45, 7) is 2.23. The lowest BCUT2D eigenvalue weighted by Gasteiger charge is -2.27. The van der Waals surface area contributed by atoms with Gasteiger partial charge in [0.2, 0.25) is 15.0 Å². The molecule has 0 saturated carbocycles. The molecule has 2 aromatic heterocycles. The van der Waals surface area contributed by atoms with Gasteiger partial charge in [-0.1, -0.05) is 11.6 Å². The van der Waals surface area contributed by atoms with Crippen LogP contribution < -0.4 is 0 Å². The number of hydrogen-bond acceptors (Lipinski definition) is 5. The fourth-order valence-electron chi connectivity index (χ4n) is 3.17. The van der Waals surface area contributed by atoms with Crippen molar-refractivity contribution in [3.63, 3.8) is 0 Å². The van der Waals surface area contributed by atoms with E-state index < -0.39 is 9.84 Å². The zero-order valence-corrected chi connectivity index (χ0v) is 15.2. The highest BCUT2D eigenvalue weighted by Crippen LogP contribution is 2.25. The predicted octanol–water partition coefficient (Wildman–Crippen LogP) is 2.57. The molecule has 25 heavy (non-hydrogen) atoms. The molecule has 0 spiro atoms. The Morgan fingerprint density at radius 2 is 2.20 bits per heavy atom. The number of halogens is 1. The molecule has 4 rings (SSSR count). The Balaban J connectivity index is 1.60. The molecule has 1 aliphatic rings. The average Bonchev–Trinajstić information content (AvgIpc) is 2.95. The Morgan fingerprint density at radius 3 is 3.00 bits per heavy atom. The number of sulfone groups is 1. The van der Waals surface area contributed by atoms with Crippen LogP contribution in [0.5, 0.6) is 0 Å². The third-order valence-corrected chi connectivity index (χ3v) is 5.55. The summed E-state index contributed by atoms with van der Waals surface area (Å²) in [5.41, 5.74) is 4.03. The fraction of sp³-hybridized carbons (Fsp3) is 0.294. The van der Waals surface area contributed by atoms with Crippen LogP contribution in [0.1, 0.15) is 16.8 Å². The monoisotopic (exact) mass is 376 g/mol. The van der Waals surface area contributed by atoms with Crippen LogP contribution in [0, 0.1) is 0 Å². The molecule has 0 radical (unpaired) electrons. The van der Waals surface area contributed by atoms with E-state index in [1.807, 2.05) is 24.4 Å². The summed E-state index contributed by atoms with van der Waals surface area (Å²) >= 11 is 6.12. The van der Waals surface area contributed by atoms with Gasteiger partial charge in [-0.3, -0.25) is 4.90 Å². The van der Waals surface area contributed by atoms with Crippen molar-refractivity contribution in [2.45, 2.75) is 24.7 Å². The van der Waals surface area contributed by atoms with Gasteiger partial charge in [-0.05, 0) is 35.7 Å². The summed E-state index contributed by atoms with van der Waals surface area (Å²) in [5, 5.41) is 1.72. The Morgan fingerprint density at radius 1 is 1.36 bits per heavy atom. The number of H-pyrrole nitrogens is 1. The number of nitrogens with one attached hydrogen (secondary N) is 1. The zero-order valence-electron chi connectivity index (χ0n) is 13.7. The van der Waals surface area contributed by atoms with Crippen molar-refractivity contribution in [2.75, 3.05) is 12.8 Å². The number of benzene rings is 1. The lowest BCUT2D eigenvalue weighted by molar-refractivity contribution is 0.241. The molecule has 1 aromatic carbocycles. The second kappa shape index (κ2) is 6.09. The van der Waals surface area contributed by atoms with Crippen LogP contribution in [0.3, 0.4) is 0 Å². The van der Waals surface area contributed by atoms with Crippen LogP contribution in [0.2, 0.25) is 5.02 Å². The van der Waals surface area contributed by atoms with Crippen LogP contribution in [0.4, 0.5) is 0 Å². The van der Waals surface area contributed by atoms with Gasteiger partial charge in [-0.25, -0.2) is 18.4 Å². The first-order valence-corrected chi connectivity index (χ1v) is 10.2. The van der Waals surface area contributed by atoms with Gasteiger partial charge < -0.3 is 4.98 Å². The van der Waals surface area contributed by atoms with Crippen LogP contribution in [0.15, 0.2) is 35.7 Å². The topological polar surface area (TPSA) is 79.0 Å². The Labute approximate surface area is 150 Å². The molecule has 0 unspecified atom stereocenters. The number of hydrogen-bond donors (Lipinski definition) is 1. The summed E-state index contributed by atoms with van der Waals surface area (Å²) in [5.74, 6) is 0. The van der Waals surface area contributed by atoms with Crippen molar-refractivity contribution < 1.29 is 8.42 Å². The largest absolute Gasteiger partial charge is 0.361 e. The van der Waals surface area contributed by atoms with Crippen LogP contribution >= 0.6 is 11.6 Å². The standard InChI is InChI=1S/C17H17ClN4O2S/c1-25(23,24)17-20-7-11-4-5-22(10-16(11)21-17)9-12-8-19-15-3-2-13(18)6-14(12)15/h2-3,6-8,19H,4-5,9-10H2,1H3. The Bertz CT molecular complexity index is 1060. The maximum absolute atomic E-state index is 11.7. The molecule has 0 atom stereocenters. The lowest BCUT2D eigenvalue weighted by atomic mass is 10.1. The first kappa shape index (κ1) is 16.5. The second-order valence-corrected chi connectivity index (χ2v) is 8.71. The molecule has 0 aliphatic carbocycles. The maximum Gasteiger partial charge on any atom is 0.247 e. The van der Waals surface area contributed by atoms with Gasteiger partial charge in [-0.15, -0.1) is 0 Å². The molecular formula is C17H17ClN4O2S. The molecule has 0 saturated heterocycles. The van der Waals surface area contributed by atoms with Gasteiger partial charge >= 0.3 is 0 Å². The SMILES string of the molecule is CS(=O)(=O)c1ncc2c(n1)CN(Cc1c[nH]c3ccc(Cl)cc13)CC2. The normalized spacial score (nSPS) is 15.4. The van der Waals surface area contributed by atoms with Gasteiger partial charge in [0.25, 0.3) is 0 Å². The Kier molecular flexibility index (Phi) is 4.02. The van der Waals surface area contributed by atoms with E-state index in [0.717, 1.165) is 47.9 Å². The van der Waals surface area contributed by atoms with E-state index in [0.29, 0.717) is 11.6 Å². The highest BCUT2D eigenvalue weighted by molar-refractivity contribution is 7.90. The van der Waals surface area contributed by atoms with Crippen molar-refractivity contribution in [1.29, 1.82) is 0 Å². The molecule has 6 nitrogen and oxygen atoms in total. The average molecular weight is 377 g/mol. The van der Waals surface area contributed by atoms with E-state index in [9.17, 15) is 8.42 Å². The zero-order chi connectivity index (χ0) is 17.6. The minimum Gasteiger partial charge on any atom is -0.361 e. The smallest absolute Gasteiger partial charge is 0.247 e. The van der Waals surface area contributed by atoms with E-state index >= 15 is 0 Å². The molecule has 0 fully saturated rings. The second-order valence-electron chi connectivity index (χ2n) is 6.36. The quantitative estimate of drug-likeness (QED) is 0.711. The minimum atomic E-state index is -3.40. The first-order valence-electron chi connectivity index (χ1n) is 7.93. The Hall–Kier alpha value is -1.96. The van der Waals surface area contributed by atoms with Gasteiger partial charge in [0.05, 0.1) is 5.69 Å². The number of aromatic nitrogens is 3.